The van der Waals surface area contributed by atoms with E-state index < -0.39 is 12.1 Å². The van der Waals surface area contributed by atoms with Gasteiger partial charge in [-0.25, -0.2) is 0 Å². The van der Waals surface area contributed by atoms with Gasteiger partial charge in [-0.2, -0.15) is 0 Å². The van der Waals surface area contributed by atoms with Crippen molar-refractivity contribution in [2.45, 2.75) is 50.4 Å². The van der Waals surface area contributed by atoms with Crippen molar-refractivity contribution < 1.29 is 24.2 Å². The second kappa shape index (κ2) is 10.7. The number of ether oxygens (including phenoxy) is 2. The zero-order valence-electron chi connectivity index (χ0n) is 20.0. The molecule has 2 amide bonds. The van der Waals surface area contributed by atoms with Crippen molar-refractivity contribution >= 4 is 11.8 Å². The third-order valence-corrected chi connectivity index (χ3v) is 6.73. The molecule has 0 spiro atoms. The summed E-state index contributed by atoms with van der Waals surface area (Å²) in [6.07, 6.45) is 3.11. The number of fused-ring (bicyclic) bond motifs is 1. The van der Waals surface area contributed by atoms with E-state index >= 15 is 0 Å². The van der Waals surface area contributed by atoms with E-state index in [4.69, 9.17) is 9.47 Å². The lowest BCUT2D eigenvalue weighted by Gasteiger charge is -2.36. The predicted octanol–water partition coefficient (Wildman–Crippen LogP) is 4.36. The van der Waals surface area contributed by atoms with Crippen molar-refractivity contribution in [3.05, 3.63) is 90.0 Å². The van der Waals surface area contributed by atoms with Crippen LogP contribution in [0.5, 0.6) is 17.2 Å². The van der Waals surface area contributed by atoms with Gasteiger partial charge in [0.1, 0.15) is 18.4 Å². The zero-order valence-corrected chi connectivity index (χ0v) is 20.0. The first kappa shape index (κ1) is 23.7. The van der Waals surface area contributed by atoms with E-state index in [1.165, 1.54) is 12.1 Å². The monoisotopic (exact) mass is 486 g/mol. The van der Waals surface area contributed by atoms with Gasteiger partial charge in [-0.05, 0) is 48.2 Å². The Kier molecular flexibility index (Phi) is 7.07. The average molecular weight is 487 g/mol. The van der Waals surface area contributed by atoms with E-state index in [0.29, 0.717) is 17.1 Å². The Bertz CT molecular complexity index is 1190. The molecule has 7 heteroatoms. The molecule has 5 rings (SSSR count). The van der Waals surface area contributed by atoms with Crippen molar-refractivity contribution in [1.82, 2.24) is 10.2 Å². The van der Waals surface area contributed by atoms with E-state index in [-0.39, 0.29) is 36.8 Å². The molecule has 1 aliphatic heterocycles. The van der Waals surface area contributed by atoms with Gasteiger partial charge >= 0.3 is 0 Å². The summed E-state index contributed by atoms with van der Waals surface area (Å²) in [6, 6.07) is 22.4. The fourth-order valence-corrected chi connectivity index (χ4v) is 4.88. The summed E-state index contributed by atoms with van der Waals surface area (Å²) in [5, 5.41) is 13.0. The zero-order chi connectivity index (χ0) is 24.9. The third kappa shape index (κ3) is 5.30. The summed E-state index contributed by atoms with van der Waals surface area (Å²) in [7, 11) is 0. The van der Waals surface area contributed by atoms with Crippen LogP contribution in [0.4, 0.5) is 0 Å². The van der Waals surface area contributed by atoms with Crippen molar-refractivity contribution in [2.75, 3.05) is 6.61 Å². The summed E-state index contributed by atoms with van der Waals surface area (Å²) < 4.78 is 11.9. The summed E-state index contributed by atoms with van der Waals surface area (Å²) in [5.41, 5.74) is 1.50. The first-order valence-corrected chi connectivity index (χ1v) is 12.4. The summed E-state index contributed by atoms with van der Waals surface area (Å²) in [5.74, 6) is 0.598. The van der Waals surface area contributed by atoms with Crippen molar-refractivity contribution in [1.29, 1.82) is 0 Å². The molecule has 186 valence electrons. The SMILES string of the molecule is O=C(NC1CCCC1)[C@H](c1ccc(O)cc1)N(Cc1ccccc1)C(=O)[C@H]1COc2ccccc2O1. The lowest BCUT2D eigenvalue weighted by molar-refractivity contribution is -0.149. The van der Waals surface area contributed by atoms with Gasteiger partial charge in [0.25, 0.3) is 5.91 Å². The van der Waals surface area contributed by atoms with Crippen LogP contribution < -0.4 is 14.8 Å². The number of carbonyl (C=O) groups is 2. The highest BCUT2D eigenvalue weighted by molar-refractivity contribution is 5.91. The molecule has 2 atom stereocenters. The van der Waals surface area contributed by atoms with Gasteiger partial charge in [0.2, 0.25) is 12.0 Å². The lowest BCUT2D eigenvalue weighted by atomic mass is 10.0. The Labute approximate surface area is 210 Å². The minimum absolute atomic E-state index is 0.0493. The number of amides is 2. The van der Waals surface area contributed by atoms with Crippen LogP contribution in [0, 0.1) is 0 Å². The van der Waals surface area contributed by atoms with Gasteiger partial charge in [-0.3, -0.25) is 9.59 Å². The molecule has 1 fully saturated rings. The number of aromatic hydroxyl groups is 1. The number of phenols is 1. The molecule has 0 radical (unpaired) electrons. The highest BCUT2D eigenvalue weighted by Gasteiger charge is 2.38. The van der Waals surface area contributed by atoms with Crippen LogP contribution in [-0.4, -0.2) is 40.6 Å². The van der Waals surface area contributed by atoms with Gasteiger partial charge in [-0.15, -0.1) is 0 Å². The summed E-state index contributed by atoms with van der Waals surface area (Å²) in [4.78, 5) is 29.4. The Balaban J connectivity index is 1.50. The molecule has 1 heterocycles. The molecule has 2 aliphatic rings. The van der Waals surface area contributed by atoms with E-state index in [9.17, 15) is 14.7 Å². The van der Waals surface area contributed by atoms with Crippen LogP contribution in [0.25, 0.3) is 0 Å². The third-order valence-electron chi connectivity index (χ3n) is 6.73. The maximum atomic E-state index is 14.0. The Morgan fingerprint density at radius 2 is 1.58 bits per heavy atom. The van der Waals surface area contributed by atoms with Crippen LogP contribution >= 0.6 is 0 Å². The molecule has 0 aromatic heterocycles. The highest BCUT2D eigenvalue weighted by atomic mass is 16.6. The van der Waals surface area contributed by atoms with Crippen LogP contribution in [0.2, 0.25) is 0 Å². The molecule has 3 aromatic rings. The second-order valence-electron chi connectivity index (χ2n) is 9.30. The first-order chi connectivity index (χ1) is 17.6. The maximum absolute atomic E-state index is 14.0. The number of hydrogen-bond donors (Lipinski definition) is 2. The van der Waals surface area contributed by atoms with Gasteiger partial charge in [-0.1, -0.05) is 67.4 Å². The van der Waals surface area contributed by atoms with Gasteiger partial charge in [0.05, 0.1) is 0 Å². The summed E-state index contributed by atoms with van der Waals surface area (Å²) >= 11 is 0. The number of benzene rings is 3. The van der Waals surface area contributed by atoms with Crippen LogP contribution in [0.15, 0.2) is 78.9 Å². The summed E-state index contributed by atoms with van der Waals surface area (Å²) in [6.45, 7) is 0.262. The minimum atomic E-state index is -0.903. The smallest absolute Gasteiger partial charge is 0.268 e. The highest BCUT2D eigenvalue weighted by Crippen LogP contribution is 2.33. The van der Waals surface area contributed by atoms with E-state index in [1.807, 2.05) is 42.5 Å². The molecule has 0 unspecified atom stereocenters. The molecule has 1 aliphatic carbocycles. The number of para-hydroxylation sites is 2. The predicted molar refractivity (Wildman–Crippen MR) is 135 cm³/mol. The quantitative estimate of drug-likeness (QED) is 0.518. The molecule has 1 saturated carbocycles. The Morgan fingerprint density at radius 3 is 2.31 bits per heavy atom. The molecule has 36 heavy (non-hydrogen) atoms. The fraction of sp³-hybridized carbons (Fsp3) is 0.310. The maximum Gasteiger partial charge on any atom is 0.268 e. The number of nitrogens with one attached hydrogen (secondary N) is 1. The van der Waals surface area contributed by atoms with Crippen LogP contribution in [-0.2, 0) is 16.1 Å². The molecule has 7 nitrogen and oxygen atoms in total. The largest absolute Gasteiger partial charge is 0.508 e. The standard InChI is InChI=1S/C29H30N2O5/c32-23-16-14-21(15-17-23)27(28(33)30-22-10-4-5-11-22)31(18-20-8-2-1-3-9-20)29(34)26-19-35-24-12-6-7-13-25(24)36-26/h1-3,6-9,12-17,22,26-27,32H,4-5,10-11,18-19H2,(H,30,33)/t26-,27+/m1/s1. The normalized spacial score (nSPS) is 17.8. The number of nitrogens with zero attached hydrogens (tertiary/aromatic N) is 1. The number of rotatable bonds is 7. The van der Waals surface area contributed by atoms with Crippen molar-refractivity contribution in [3.8, 4) is 17.2 Å². The van der Waals surface area contributed by atoms with Gasteiger partial charge in [0, 0.05) is 12.6 Å². The van der Waals surface area contributed by atoms with E-state index in [0.717, 1.165) is 31.2 Å². The van der Waals surface area contributed by atoms with Gasteiger partial charge in [0.15, 0.2) is 11.5 Å². The van der Waals surface area contributed by atoms with Crippen LogP contribution in [0.3, 0.4) is 0 Å². The minimum Gasteiger partial charge on any atom is -0.508 e. The Hall–Kier alpha value is -4.00. The molecule has 2 N–H and O–H groups in total. The molecule has 0 bridgehead atoms. The van der Waals surface area contributed by atoms with Crippen LogP contribution in [0.1, 0.15) is 42.9 Å². The van der Waals surface area contributed by atoms with E-state index in [1.54, 1.807) is 29.2 Å². The first-order valence-electron chi connectivity index (χ1n) is 12.4. The number of hydrogen-bond acceptors (Lipinski definition) is 5. The average Bonchev–Trinajstić information content (AvgIpc) is 3.42. The van der Waals surface area contributed by atoms with E-state index in [2.05, 4.69) is 5.32 Å². The topological polar surface area (TPSA) is 88.1 Å². The number of carbonyl (C=O) groups excluding carboxylic acids is 2. The lowest BCUT2D eigenvalue weighted by Crippen LogP contribution is -2.51. The molecule has 0 saturated heterocycles. The molecular formula is C29H30N2O5. The molecular weight excluding hydrogens is 456 g/mol. The van der Waals surface area contributed by atoms with Gasteiger partial charge < -0.3 is 24.8 Å². The Morgan fingerprint density at radius 1 is 0.917 bits per heavy atom. The second-order valence-corrected chi connectivity index (χ2v) is 9.30. The molecule has 3 aromatic carbocycles. The number of phenolic OH excluding ortho intramolecular Hbond substituents is 1. The van der Waals surface area contributed by atoms with Crippen molar-refractivity contribution in [3.63, 3.8) is 0 Å². The fourth-order valence-electron chi connectivity index (χ4n) is 4.88. The van der Waals surface area contributed by atoms with Crippen molar-refractivity contribution in [2.24, 2.45) is 0 Å².